The number of hydrogen-bond acceptors (Lipinski definition) is 5. The Balaban J connectivity index is 1.63. The first-order valence-electron chi connectivity index (χ1n) is 8.58. The van der Waals surface area contributed by atoms with Crippen LogP contribution in [0.15, 0.2) is 40.6 Å². The van der Waals surface area contributed by atoms with E-state index in [4.69, 9.17) is 16.3 Å². The Morgan fingerprint density at radius 1 is 1.12 bits per heavy atom. The number of para-hydroxylation sites is 1. The highest BCUT2D eigenvalue weighted by atomic mass is 35.5. The molecule has 0 radical (unpaired) electrons. The van der Waals surface area contributed by atoms with Crippen LogP contribution in [0.1, 0.15) is 19.4 Å². The molecule has 142 valence electrons. The van der Waals surface area contributed by atoms with E-state index in [1.165, 1.54) is 0 Å². The minimum atomic E-state index is -3.45. The SMILES string of the molecule is CC(C)Oc1ccccc1CN1CCN(S(=O)(=O)c2ccc(Cl)s2)CC1. The van der Waals surface area contributed by atoms with Crippen molar-refractivity contribution >= 4 is 33.0 Å². The van der Waals surface area contributed by atoms with Gasteiger partial charge in [-0.05, 0) is 32.0 Å². The molecular weight excluding hydrogens is 392 g/mol. The van der Waals surface area contributed by atoms with Crippen molar-refractivity contribution in [1.29, 1.82) is 0 Å². The Hall–Kier alpha value is -1.12. The molecule has 3 rings (SSSR count). The summed E-state index contributed by atoms with van der Waals surface area (Å²) in [5.41, 5.74) is 1.13. The molecule has 0 N–H and O–H groups in total. The molecule has 1 aliphatic heterocycles. The number of thiophene rings is 1. The molecule has 0 saturated carbocycles. The largest absolute Gasteiger partial charge is 0.491 e. The molecule has 0 bridgehead atoms. The zero-order valence-corrected chi connectivity index (χ0v) is 17.3. The van der Waals surface area contributed by atoms with Gasteiger partial charge in [-0.3, -0.25) is 4.90 Å². The summed E-state index contributed by atoms with van der Waals surface area (Å²) in [6, 6.07) is 11.2. The van der Waals surface area contributed by atoms with Crippen molar-refractivity contribution in [2.75, 3.05) is 26.2 Å². The van der Waals surface area contributed by atoms with Gasteiger partial charge in [0.05, 0.1) is 10.4 Å². The fraction of sp³-hybridized carbons (Fsp3) is 0.444. The van der Waals surface area contributed by atoms with E-state index in [1.54, 1.807) is 16.4 Å². The van der Waals surface area contributed by atoms with Gasteiger partial charge in [0, 0.05) is 38.3 Å². The first kappa shape index (κ1) is 19.6. The van der Waals surface area contributed by atoms with Crippen LogP contribution in [-0.4, -0.2) is 49.9 Å². The number of hydrogen-bond donors (Lipinski definition) is 0. The lowest BCUT2D eigenvalue weighted by molar-refractivity contribution is 0.176. The number of nitrogens with zero attached hydrogens (tertiary/aromatic N) is 2. The summed E-state index contributed by atoms with van der Waals surface area (Å²) in [4.78, 5) is 2.26. The highest BCUT2D eigenvalue weighted by Gasteiger charge is 2.29. The number of benzene rings is 1. The molecule has 0 aliphatic carbocycles. The standard InChI is InChI=1S/C18H23ClN2O3S2/c1-14(2)24-16-6-4-3-5-15(16)13-20-9-11-21(12-10-20)26(22,23)18-8-7-17(19)25-18/h3-8,14H,9-13H2,1-2H3. The minimum absolute atomic E-state index is 0.121. The van der Waals surface area contributed by atoms with Crippen LogP contribution in [0.4, 0.5) is 0 Å². The number of piperazine rings is 1. The first-order chi connectivity index (χ1) is 12.4. The summed E-state index contributed by atoms with van der Waals surface area (Å²) in [6.45, 7) is 7.11. The van der Waals surface area contributed by atoms with Gasteiger partial charge in [-0.2, -0.15) is 4.31 Å². The van der Waals surface area contributed by atoms with Crippen LogP contribution < -0.4 is 4.74 Å². The van der Waals surface area contributed by atoms with Gasteiger partial charge < -0.3 is 4.74 Å². The third-order valence-corrected chi connectivity index (χ3v) is 7.80. The number of halogens is 1. The fourth-order valence-corrected chi connectivity index (χ4v) is 6.00. The van der Waals surface area contributed by atoms with Crippen LogP contribution in [0.25, 0.3) is 0 Å². The summed E-state index contributed by atoms with van der Waals surface area (Å²) in [6.07, 6.45) is 0.121. The molecule has 2 aromatic rings. The molecule has 1 saturated heterocycles. The van der Waals surface area contributed by atoms with Crippen LogP contribution in [-0.2, 0) is 16.6 Å². The van der Waals surface area contributed by atoms with E-state index in [0.717, 1.165) is 29.2 Å². The van der Waals surface area contributed by atoms with Gasteiger partial charge in [0.25, 0.3) is 10.0 Å². The Bertz CT molecular complexity index is 844. The normalized spacial score (nSPS) is 16.9. The maximum atomic E-state index is 12.7. The van der Waals surface area contributed by atoms with Gasteiger partial charge in [-0.15, -0.1) is 11.3 Å². The predicted molar refractivity (Wildman–Crippen MR) is 106 cm³/mol. The van der Waals surface area contributed by atoms with Gasteiger partial charge in [0.2, 0.25) is 0 Å². The summed E-state index contributed by atoms with van der Waals surface area (Å²) in [5, 5.41) is 0. The average Bonchev–Trinajstić information content (AvgIpc) is 3.04. The Kier molecular flexibility index (Phi) is 6.25. The molecule has 2 heterocycles. The van der Waals surface area contributed by atoms with Gasteiger partial charge in [0.15, 0.2) is 0 Å². The van der Waals surface area contributed by atoms with Gasteiger partial charge in [-0.1, -0.05) is 29.8 Å². The number of ether oxygens (including phenoxy) is 1. The summed E-state index contributed by atoms with van der Waals surface area (Å²) >= 11 is 6.99. The van der Waals surface area contributed by atoms with Crippen molar-refractivity contribution in [3.8, 4) is 5.75 Å². The average molecular weight is 415 g/mol. The fourth-order valence-electron chi connectivity index (χ4n) is 2.94. The summed E-state index contributed by atoms with van der Waals surface area (Å²) < 4.78 is 33.6. The van der Waals surface area contributed by atoms with E-state index in [1.807, 2.05) is 32.0 Å². The van der Waals surface area contributed by atoms with Crippen molar-refractivity contribution in [1.82, 2.24) is 9.21 Å². The second kappa shape index (κ2) is 8.27. The van der Waals surface area contributed by atoms with Crippen molar-refractivity contribution in [2.24, 2.45) is 0 Å². The lowest BCUT2D eigenvalue weighted by Gasteiger charge is -2.34. The van der Waals surface area contributed by atoms with Crippen LogP contribution in [0.5, 0.6) is 5.75 Å². The molecule has 0 unspecified atom stereocenters. The number of sulfonamides is 1. The second-order valence-corrected chi connectivity index (χ2v) is 10.4. The number of rotatable bonds is 6. The molecule has 1 fully saturated rings. The Morgan fingerprint density at radius 3 is 2.42 bits per heavy atom. The smallest absolute Gasteiger partial charge is 0.252 e. The second-order valence-electron chi connectivity index (χ2n) is 6.51. The summed E-state index contributed by atoms with van der Waals surface area (Å²) in [5.74, 6) is 0.894. The van der Waals surface area contributed by atoms with Gasteiger partial charge >= 0.3 is 0 Å². The molecule has 0 atom stereocenters. The van der Waals surface area contributed by atoms with Crippen LogP contribution in [0.3, 0.4) is 0 Å². The van der Waals surface area contributed by atoms with Gasteiger partial charge in [0.1, 0.15) is 9.96 Å². The third kappa shape index (κ3) is 4.58. The van der Waals surface area contributed by atoms with E-state index in [9.17, 15) is 8.42 Å². The predicted octanol–water partition coefficient (Wildman–Crippen LogP) is 3.70. The minimum Gasteiger partial charge on any atom is -0.491 e. The molecule has 1 aromatic heterocycles. The van der Waals surface area contributed by atoms with Crippen molar-refractivity contribution in [3.63, 3.8) is 0 Å². The van der Waals surface area contributed by atoms with Crippen LogP contribution >= 0.6 is 22.9 Å². The third-order valence-electron chi connectivity index (χ3n) is 4.20. The van der Waals surface area contributed by atoms with E-state index >= 15 is 0 Å². The highest BCUT2D eigenvalue weighted by Crippen LogP contribution is 2.29. The Morgan fingerprint density at radius 2 is 1.81 bits per heavy atom. The summed E-state index contributed by atoms with van der Waals surface area (Å²) in [7, 11) is -3.45. The molecule has 5 nitrogen and oxygen atoms in total. The first-order valence-corrected chi connectivity index (χ1v) is 11.2. The molecule has 0 amide bonds. The van der Waals surface area contributed by atoms with E-state index in [0.29, 0.717) is 34.7 Å². The lowest BCUT2D eigenvalue weighted by Crippen LogP contribution is -2.48. The van der Waals surface area contributed by atoms with E-state index < -0.39 is 10.0 Å². The highest BCUT2D eigenvalue weighted by molar-refractivity contribution is 7.91. The molecule has 8 heteroatoms. The molecular formula is C18H23ClN2O3S2. The zero-order valence-electron chi connectivity index (χ0n) is 14.9. The molecule has 0 spiro atoms. The van der Waals surface area contributed by atoms with E-state index in [2.05, 4.69) is 11.0 Å². The Labute approximate surface area is 164 Å². The van der Waals surface area contributed by atoms with Crippen molar-refractivity contribution < 1.29 is 13.2 Å². The molecule has 26 heavy (non-hydrogen) atoms. The molecule has 1 aliphatic rings. The van der Waals surface area contributed by atoms with Gasteiger partial charge in [-0.25, -0.2) is 8.42 Å². The van der Waals surface area contributed by atoms with Crippen molar-refractivity contribution in [3.05, 3.63) is 46.3 Å². The monoisotopic (exact) mass is 414 g/mol. The topological polar surface area (TPSA) is 49.9 Å². The van der Waals surface area contributed by atoms with Crippen LogP contribution in [0.2, 0.25) is 4.34 Å². The quantitative estimate of drug-likeness (QED) is 0.723. The maximum Gasteiger partial charge on any atom is 0.252 e. The van der Waals surface area contributed by atoms with E-state index in [-0.39, 0.29) is 6.10 Å². The zero-order chi connectivity index (χ0) is 18.7. The van der Waals surface area contributed by atoms with Crippen molar-refractivity contribution in [2.45, 2.75) is 30.7 Å². The molecule has 1 aromatic carbocycles. The van der Waals surface area contributed by atoms with Crippen LogP contribution in [0, 0.1) is 0 Å². The lowest BCUT2D eigenvalue weighted by atomic mass is 10.1. The maximum absolute atomic E-state index is 12.7.